The number of ether oxygens (including phenoxy) is 1. The number of ketones is 1. The molecule has 0 amide bonds. The Morgan fingerprint density at radius 3 is 2.58 bits per heavy atom. The number of benzene rings is 1. The molecule has 3 aromatic rings. The van der Waals surface area contributed by atoms with E-state index in [1.165, 1.54) is 18.0 Å². The van der Waals surface area contributed by atoms with Gasteiger partial charge in [0, 0.05) is 5.56 Å². The molecule has 0 aliphatic heterocycles. The van der Waals surface area contributed by atoms with Crippen molar-refractivity contribution < 1.29 is 14.3 Å². The van der Waals surface area contributed by atoms with Gasteiger partial charge in [0.25, 0.3) is 5.56 Å². The molecule has 0 unspecified atom stereocenters. The zero-order chi connectivity index (χ0) is 19.0. The minimum Gasteiger partial charge on any atom is -0.465 e. The maximum atomic E-state index is 12.8. The van der Waals surface area contributed by atoms with Gasteiger partial charge in [-0.25, -0.2) is 9.78 Å². The van der Waals surface area contributed by atoms with Gasteiger partial charge in [-0.3, -0.25) is 14.2 Å². The number of Topliss-reactive ketones (excluding diaryl/α,β-unsaturated/α-hetero) is 1. The quantitative estimate of drug-likeness (QED) is 0.521. The third-order valence-electron chi connectivity index (χ3n) is 4.43. The van der Waals surface area contributed by atoms with Crippen LogP contribution in [0, 0.1) is 20.8 Å². The third kappa shape index (κ3) is 3.06. The highest BCUT2D eigenvalue weighted by molar-refractivity contribution is 7.20. The maximum Gasteiger partial charge on any atom is 0.348 e. The van der Waals surface area contributed by atoms with Gasteiger partial charge in [0.05, 0.1) is 25.4 Å². The van der Waals surface area contributed by atoms with E-state index in [9.17, 15) is 14.4 Å². The number of thiophene rings is 1. The molecule has 0 bridgehead atoms. The van der Waals surface area contributed by atoms with Crippen LogP contribution in [-0.2, 0) is 11.3 Å². The fourth-order valence-corrected chi connectivity index (χ4v) is 3.78. The lowest BCUT2D eigenvalue weighted by Crippen LogP contribution is -2.24. The molecule has 3 rings (SSSR count). The number of nitrogens with zero attached hydrogens (tertiary/aromatic N) is 2. The summed E-state index contributed by atoms with van der Waals surface area (Å²) >= 11 is 1.11. The first kappa shape index (κ1) is 18.0. The minimum atomic E-state index is -0.498. The van der Waals surface area contributed by atoms with Crippen molar-refractivity contribution in [2.45, 2.75) is 27.3 Å². The Balaban J connectivity index is 2.00. The Bertz CT molecular complexity index is 1090. The van der Waals surface area contributed by atoms with Gasteiger partial charge in [-0.1, -0.05) is 12.1 Å². The summed E-state index contributed by atoms with van der Waals surface area (Å²) < 4.78 is 6.02. The van der Waals surface area contributed by atoms with Crippen molar-refractivity contribution in [3.63, 3.8) is 0 Å². The lowest BCUT2D eigenvalue weighted by molar-refractivity contribution is 0.0605. The zero-order valence-corrected chi connectivity index (χ0v) is 15.8. The summed E-state index contributed by atoms with van der Waals surface area (Å²) in [6.45, 7) is 5.50. The molecule has 2 aromatic heterocycles. The van der Waals surface area contributed by atoms with Gasteiger partial charge < -0.3 is 4.74 Å². The Morgan fingerprint density at radius 2 is 1.92 bits per heavy atom. The summed E-state index contributed by atoms with van der Waals surface area (Å²) in [7, 11) is 1.29. The van der Waals surface area contributed by atoms with Crippen LogP contribution in [0.25, 0.3) is 10.2 Å². The van der Waals surface area contributed by atoms with Crippen LogP contribution in [0.1, 0.15) is 36.7 Å². The molecule has 0 spiro atoms. The largest absolute Gasteiger partial charge is 0.465 e. The summed E-state index contributed by atoms with van der Waals surface area (Å²) in [6, 6.07) is 5.46. The monoisotopic (exact) mass is 370 g/mol. The smallest absolute Gasteiger partial charge is 0.348 e. The van der Waals surface area contributed by atoms with E-state index in [0.29, 0.717) is 26.2 Å². The van der Waals surface area contributed by atoms with Crippen LogP contribution in [-0.4, -0.2) is 28.4 Å². The second kappa shape index (κ2) is 6.84. The van der Waals surface area contributed by atoms with Crippen molar-refractivity contribution in [1.29, 1.82) is 0 Å². The van der Waals surface area contributed by atoms with Gasteiger partial charge in [0.1, 0.15) is 9.71 Å². The lowest BCUT2D eigenvalue weighted by atomic mass is 10.0. The number of hydrogen-bond acceptors (Lipinski definition) is 6. The van der Waals surface area contributed by atoms with Crippen LogP contribution in [0.5, 0.6) is 0 Å². The van der Waals surface area contributed by atoms with Gasteiger partial charge in [0.2, 0.25) is 0 Å². The van der Waals surface area contributed by atoms with Gasteiger partial charge in [-0.15, -0.1) is 11.3 Å². The SMILES string of the molecule is COC(=O)c1sc2ncn(CC(=O)c3ccc(C)c(C)c3)c(=O)c2c1C. The number of carbonyl (C=O) groups excluding carboxylic acids is 2. The van der Waals surface area contributed by atoms with E-state index in [2.05, 4.69) is 4.98 Å². The second-order valence-electron chi connectivity index (χ2n) is 6.13. The standard InChI is InChI=1S/C19H18N2O4S/c1-10-5-6-13(7-11(10)2)14(22)8-21-9-20-17-15(18(21)23)12(3)16(26-17)19(24)25-4/h5-7,9H,8H2,1-4H3. The predicted molar refractivity (Wildman–Crippen MR) is 100 cm³/mol. The fourth-order valence-electron chi connectivity index (χ4n) is 2.72. The minimum absolute atomic E-state index is 0.104. The molecule has 0 fully saturated rings. The molecule has 0 N–H and O–H groups in total. The topological polar surface area (TPSA) is 78.3 Å². The number of methoxy groups -OCH3 is 1. The van der Waals surface area contributed by atoms with E-state index in [0.717, 1.165) is 22.5 Å². The highest BCUT2D eigenvalue weighted by Crippen LogP contribution is 2.27. The van der Waals surface area contributed by atoms with E-state index in [4.69, 9.17) is 4.74 Å². The molecule has 1 aromatic carbocycles. The van der Waals surface area contributed by atoms with Crippen molar-refractivity contribution in [2.24, 2.45) is 0 Å². The molecule has 6 nitrogen and oxygen atoms in total. The molecule has 0 saturated heterocycles. The molecular weight excluding hydrogens is 352 g/mol. The number of aryl methyl sites for hydroxylation is 3. The number of hydrogen-bond donors (Lipinski definition) is 0. The van der Waals surface area contributed by atoms with Crippen LogP contribution >= 0.6 is 11.3 Å². The molecule has 0 aliphatic rings. The van der Waals surface area contributed by atoms with Crippen molar-refractivity contribution in [1.82, 2.24) is 9.55 Å². The molecular formula is C19H18N2O4S. The first-order chi connectivity index (χ1) is 12.3. The summed E-state index contributed by atoms with van der Waals surface area (Å²) in [6.07, 6.45) is 1.35. The van der Waals surface area contributed by atoms with Crippen LogP contribution in [0.4, 0.5) is 0 Å². The number of fused-ring (bicyclic) bond motifs is 1. The van der Waals surface area contributed by atoms with Gasteiger partial charge in [0.15, 0.2) is 5.78 Å². The zero-order valence-electron chi connectivity index (χ0n) is 15.0. The molecule has 0 aliphatic carbocycles. The molecule has 2 heterocycles. The van der Waals surface area contributed by atoms with E-state index in [1.807, 2.05) is 26.0 Å². The third-order valence-corrected chi connectivity index (χ3v) is 5.61. The summed E-state index contributed by atoms with van der Waals surface area (Å²) in [5, 5.41) is 0.353. The normalized spacial score (nSPS) is 10.9. The average Bonchev–Trinajstić information content (AvgIpc) is 2.96. The maximum absolute atomic E-state index is 12.8. The number of rotatable bonds is 4. The molecule has 7 heteroatoms. The number of esters is 1. The van der Waals surface area contributed by atoms with Crippen molar-refractivity contribution >= 4 is 33.3 Å². The Morgan fingerprint density at radius 1 is 1.19 bits per heavy atom. The average molecular weight is 370 g/mol. The van der Waals surface area contributed by atoms with Gasteiger partial charge >= 0.3 is 5.97 Å². The van der Waals surface area contributed by atoms with Gasteiger partial charge in [-0.05, 0) is 43.5 Å². The van der Waals surface area contributed by atoms with E-state index >= 15 is 0 Å². The first-order valence-electron chi connectivity index (χ1n) is 8.00. The number of carbonyl (C=O) groups is 2. The van der Waals surface area contributed by atoms with Crippen LogP contribution < -0.4 is 5.56 Å². The molecule has 26 heavy (non-hydrogen) atoms. The van der Waals surface area contributed by atoms with E-state index < -0.39 is 5.97 Å². The molecule has 134 valence electrons. The highest BCUT2D eigenvalue weighted by Gasteiger charge is 2.20. The Labute approximate surface area is 154 Å². The van der Waals surface area contributed by atoms with Crippen molar-refractivity contribution in [3.05, 3.63) is 62.0 Å². The van der Waals surface area contributed by atoms with E-state index in [-0.39, 0.29) is 17.9 Å². The molecule has 0 saturated carbocycles. The van der Waals surface area contributed by atoms with Crippen molar-refractivity contribution in [3.8, 4) is 0 Å². The fraction of sp³-hybridized carbons (Fsp3) is 0.263. The summed E-state index contributed by atoms with van der Waals surface area (Å²) in [5.41, 5.74) is 2.87. The van der Waals surface area contributed by atoms with E-state index in [1.54, 1.807) is 13.0 Å². The molecule has 0 radical (unpaired) electrons. The van der Waals surface area contributed by atoms with Crippen LogP contribution in [0.2, 0.25) is 0 Å². The van der Waals surface area contributed by atoms with Crippen LogP contribution in [0.3, 0.4) is 0 Å². The van der Waals surface area contributed by atoms with Crippen LogP contribution in [0.15, 0.2) is 29.3 Å². The lowest BCUT2D eigenvalue weighted by Gasteiger charge is -2.07. The van der Waals surface area contributed by atoms with Gasteiger partial charge in [-0.2, -0.15) is 0 Å². The summed E-state index contributed by atoms with van der Waals surface area (Å²) in [4.78, 5) is 42.2. The Kier molecular flexibility index (Phi) is 4.73. The number of aromatic nitrogens is 2. The van der Waals surface area contributed by atoms with Crippen molar-refractivity contribution in [2.75, 3.05) is 7.11 Å². The second-order valence-corrected chi connectivity index (χ2v) is 7.13. The highest BCUT2D eigenvalue weighted by atomic mass is 32.1. The first-order valence-corrected chi connectivity index (χ1v) is 8.82. The summed E-state index contributed by atoms with van der Waals surface area (Å²) in [5.74, 6) is -0.667. The predicted octanol–water partition coefficient (Wildman–Crippen LogP) is 3.05. The Hall–Kier alpha value is -2.80. The molecule has 0 atom stereocenters.